The molecule has 7 nitrogen and oxygen atoms in total. The maximum atomic E-state index is 12.7. The second-order valence-electron chi connectivity index (χ2n) is 9.40. The quantitative estimate of drug-likeness (QED) is 0.330. The summed E-state index contributed by atoms with van der Waals surface area (Å²) < 4.78 is 8.17. The van der Waals surface area contributed by atoms with Crippen molar-refractivity contribution in [2.45, 2.75) is 64.1 Å². The van der Waals surface area contributed by atoms with E-state index in [1.165, 1.54) is 25.7 Å². The van der Waals surface area contributed by atoms with E-state index in [0.29, 0.717) is 36.3 Å². The van der Waals surface area contributed by atoms with Gasteiger partial charge in [-0.05, 0) is 30.5 Å². The fourth-order valence-corrected chi connectivity index (χ4v) is 5.09. The van der Waals surface area contributed by atoms with Crippen molar-refractivity contribution >= 4 is 29.2 Å². The predicted octanol–water partition coefficient (Wildman–Crippen LogP) is 5.50. The van der Waals surface area contributed by atoms with Crippen LogP contribution in [0.5, 0.6) is 5.75 Å². The molecule has 5 rings (SSSR count). The lowest BCUT2D eigenvalue weighted by molar-refractivity contribution is -0.121. The van der Waals surface area contributed by atoms with E-state index in [2.05, 4.69) is 19.9 Å². The number of benzene rings is 2. The van der Waals surface area contributed by atoms with Crippen LogP contribution in [0.15, 0.2) is 66.2 Å². The molecule has 1 amide bonds. The van der Waals surface area contributed by atoms with Gasteiger partial charge < -0.3 is 14.2 Å². The zero-order valence-corrected chi connectivity index (χ0v) is 21.2. The number of nitrogens with zero attached hydrogens (tertiary/aromatic N) is 4. The number of imidazole rings is 1. The number of aliphatic imine (C=N–C) groups is 1. The van der Waals surface area contributed by atoms with Crippen molar-refractivity contribution in [3.63, 3.8) is 0 Å². The van der Waals surface area contributed by atoms with E-state index >= 15 is 0 Å². The van der Waals surface area contributed by atoms with Crippen molar-refractivity contribution in [1.82, 2.24) is 19.8 Å². The Morgan fingerprint density at radius 1 is 1.03 bits per heavy atom. The van der Waals surface area contributed by atoms with Crippen molar-refractivity contribution in [3.05, 3.63) is 77.3 Å². The highest BCUT2D eigenvalue weighted by Crippen LogP contribution is 2.39. The summed E-state index contributed by atoms with van der Waals surface area (Å²) in [6.07, 6.45) is 13.3. The Balaban J connectivity index is 1.10. The van der Waals surface area contributed by atoms with Crippen molar-refractivity contribution in [1.29, 1.82) is 0 Å². The van der Waals surface area contributed by atoms with E-state index in [9.17, 15) is 4.79 Å². The summed E-state index contributed by atoms with van der Waals surface area (Å²) in [5.41, 5.74) is 2.81. The van der Waals surface area contributed by atoms with E-state index < -0.39 is 0 Å². The van der Waals surface area contributed by atoms with Crippen LogP contribution in [0.2, 0.25) is 5.02 Å². The standard InChI is InChI=1S/C28H32ClN5O2/c29-26-22-19-34-24(18-21-10-6-5-7-11-21)27(35)32-28(34)31-23(22)12-13-25(26)36-17-9-4-2-1-3-8-15-33-16-14-30-20-33/h5-7,10-14,16,20,24H,1-4,8-9,15,17-19H2,(H,31,32,35). The first-order valence-electron chi connectivity index (χ1n) is 12.8. The van der Waals surface area contributed by atoms with Crippen LogP contribution in [0.1, 0.15) is 49.7 Å². The average Bonchev–Trinajstić information content (AvgIpc) is 3.51. The Morgan fingerprint density at radius 3 is 2.64 bits per heavy atom. The lowest BCUT2D eigenvalue weighted by Crippen LogP contribution is -2.38. The molecule has 3 aromatic rings. The minimum absolute atomic E-state index is 0.0280. The van der Waals surface area contributed by atoms with Crippen LogP contribution in [0.25, 0.3) is 0 Å². The maximum absolute atomic E-state index is 12.7. The van der Waals surface area contributed by atoms with Gasteiger partial charge in [0.05, 0.1) is 30.2 Å². The Morgan fingerprint density at radius 2 is 1.83 bits per heavy atom. The summed E-state index contributed by atoms with van der Waals surface area (Å²) >= 11 is 6.77. The van der Waals surface area contributed by atoms with Gasteiger partial charge in [0.25, 0.3) is 0 Å². The molecule has 1 fully saturated rings. The Kier molecular flexibility index (Phi) is 7.86. The third kappa shape index (κ3) is 5.73. The number of aryl methyl sites for hydroxylation is 1. The molecule has 2 aliphatic rings. The van der Waals surface area contributed by atoms with Crippen LogP contribution in [-0.4, -0.2) is 39.0 Å². The number of hydrogen-bond donors (Lipinski definition) is 1. The van der Waals surface area contributed by atoms with E-state index in [0.717, 1.165) is 36.2 Å². The first-order valence-corrected chi connectivity index (χ1v) is 13.2. The molecule has 36 heavy (non-hydrogen) atoms. The van der Waals surface area contributed by atoms with Crippen LogP contribution in [-0.2, 0) is 24.3 Å². The van der Waals surface area contributed by atoms with Gasteiger partial charge in [-0.1, -0.05) is 67.6 Å². The third-order valence-electron chi connectivity index (χ3n) is 6.82. The molecule has 0 radical (unpaired) electrons. The molecule has 0 spiro atoms. The zero-order valence-electron chi connectivity index (χ0n) is 20.4. The second kappa shape index (κ2) is 11.6. The van der Waals surface area contributed by atoms with Gasteiger partial charge in [-0.3, -0.25) is 10.1 Å². The molecule has 3 heterocycles. The molecule has 2 aliphatic heterocycles. The van der Waals surface area contributed by atoms with Crippen molar-refractivity contribution in [3.8, 4) is 5.75 Å². The average molecular weight is 506 g/mol. The smallest absolute Gasteiger partial charge is 0.249 e. The number of guanidine groups is 1. The van der Waals surface area contributed by atoms with Gasteiger partial charge >= 0.3 is 0 Å². The molecule has 0 bridgehead atoms. The summed E-state index contributed by atoms with van der Waals surface area (Å²) in [6, 6.07) is 13.6. The summed E-state index contributed by atoms with van der Waals surface area (Å²) in [5, 5.41) is 3.52. The third-order valence-corrected chi connectivity index (χ3v) is 7.24. The van der Waals surface area contributed by atoms with Gasteiger partial charge in [-0.2, -0.15) is 0 Å². The van der Waals surface area contributed by atoms with Crippen LogP contribution in [0.3, 0.4) is 0 Å². The highest BCUT2D eigenvalue weighted by atomic mass is 35.5. The number of carbonyl (C=O) groups is 1. The highest BCUT2D eigenvalue weighted by Gasteiger charge is 2.39. The number of fused-ring (bicyclic) bond motifs is 2. The fraction of sp³-hybridized carbons (Fsp3) is 0.393. The van der Waals surface area contributed by atoms with Gasteiger partial charge in [0.15, 0.2) is 0 Å². The summed E-state index contributed by atoms with van der Waals surface area (Å²) in [4.78, 5) is 23.5. The Hall–Kier alpha value is -3.32. The minimum atomic E-state index is -0.306. The first-order chi connectivity index (χ1) is 17.7. The molecule has 8 heteroatoms. The summed E-state index contributed by atoms with van der Waals surface area (Å²) in [6.45, 7) is 2.21. The monoisotopic (exact) mass is 505 g/mol. The molecule has 1 N–H and O–H groups in total. The van der Waals surface area contributed by atoms with Gasteiger partial charge in [0.1, 0.15) is 11.8 Å². The number of rotatable bonds is 12. The summed E-state index contributed by atoms with van der Waals surface area (Å²) in [7, 11) is 0. The van der Waals surface area contributed by atoms with E-state index in [4.69, 9.17) is 16.3 Å². The maximum Gasteiger partial charge on any atom is 0.249 e. The fourth-order valence-electron chi connectivity index (χ4n) is 4.82. The van der Waals surface area contributed by atoms with Gasteiger partial charge in [0, 0.05) is 30.9 Å². The van der Waals surface area contributed by atoms with E-state index in [-0.39, 0.29) is 11.9 Å². The van der Waals surface area contributed by atoms with E-state index in [1.807, 2.05) is 66.1 Å². The molecule has 1 saturated heterocycles. The Bertz CT molecular complexity index is 1200. The Labute approximate surface area is 217 Å². The minimum Gasteiger partial charge on any atom is -0.492 e. The number of hydrogen-bond acceptors (Lipinski definition) is 5. The van der Waals surface area contributed by atoms with Crippen molar-refractivity contribution < 1.29 is 9.53 Å². The number of halogens is 1. The normalized spacial score (nSPS) is 16.4. The summed E-state index contributed by atoms with van der Waals surface area (Å²) in [5.74, 6) is 1.26. The molecule has 1 aromatic heterocycles. The number of aromatic nitrogens is 2. The SMILES string of the molecule is O=C1NC2=Nc3ccc(OCCCCCCCCn4ccnc4)c(Cl)c3CN2C1Cc1ccccc1. The van der Waals surface area contributed by atoms with Crippen LogP contribution in [0.4, 0.5) is 5.69 Å². The number of amides is 1. The zero-order chi connectivity index (χ0) is 24.7. The van der Waals surface area contributed by atoms with Gasteiger partial charge in [0.2, 0.25) is 11.9 Å². The number of ether oxygens (including phenoxy) is 1. The van der Waals surface area contributed by atoms with Crippen LogP contribution in [0, 0.1) is 0 Å². The van der Waals surface area contributed by atoms with Crippen molar-refractivity contribution in [2.75, 3.05) is 6.61 Å². The molecule has 1 unspecified atom stereocenters. The molecule has 0 aliphatic carbocycles. The number of unbranched alkanes of at least 4 members (excludes halogenated alkanes) is 5. The second-order valence-corrected chi connectivity index (χ2v) is 9.78. The molecular weight excluding hydrogens is 474 g/mol. The number of carbonyl (C=O) groups excluding carboxylic acids is 1. The van der Waals surface area contributed by atoms with E-state index in [1.54, 1.807) is 0 Å². The molecule has 2 aromatic carbocycles. The molecule has 188 valence electrons. The molecular formula is C28H32ClN5O2. The van der Waals surface area contributed by atoms with Gasteiger partial charge in [-0.25, -0.2) is 9.98 Å². The topological polar surface area (TPSA) is 71.7 Å². The first kappa shape index (κ1) is 24.4. The lowest BCUT2D eigenvalue weighted by Gasteiger charge is -2.29. The predicted molar refractivity (Wildman–Crippen MR) is 142 cm³/mol. The highest BCUT2D eigenvalue weighted by molar-refractivity contribution is 6.33. The van der Waals surface area contributed by atoms with Crippen LogP contribution < -0.4 is 10.1 Å². The van der Waals surface area contributed by atoms with Crippen LogP contribution >= 0.6 is 11.6 Å². The molecule has 0 saturated carbocycles. The number of nitrogens with one attached hydrogen (secondary N) is 1. The van der Waals surface area contributed by atoms with Gasteiger partial charge in [-0.15, -0.1) is 0 Å². The lowest BCUT2D eigenvalue weighted by atomic mass is 10.0. The van der Waals surface area contributed by atoms with Crippen molar-refractivity contribution in [2.24, 2.45) is 4.99 Å². The molecule has 1 atom stereocenters. The largest absolute Gasteiger partial charge is 0.492 e.